The molecule has 0 bridgehead atoms. The van der Waals surface area contributed by atoms with Crippen LogP contribution in [0, 0.1) is 0 Å². The van der Waals surface area contributed by atoms with Gasteiger partial charge in [-0.25, -0.2) is 9.59 Å². The van der Waals surface area contributed by atoms with Crippen molar-refractivity contribution in [2.24, 2.45) is 0 Å². The summed E-state index contributed by atoms with van der Waals surface area (Å²) in [5.41, 5.74) is 5.75. The molecule has 5 heterocycles. The third-order valence-corrected chi connectivity index (χ3v) is 13.1. The Morgan fingerprint density at radius 3 is 2.33 bits per heavy atom. The van der Waals surface area contributed by atoms with Crippen molar-refractivity contribution >= 4 is 52.9 Å². The van der Waals surface area contributed by atoms with Crippen molar-refractivity contribution < 1.29 is 46.6 Å². The van der Waals surface area contributed by atoms with Crippen molar-refractivity contribution in [1.82, 2.24) is 24.5 Å². The number of likely N-dealkylation sites (tertiary alicyclic amines) is 4. The number of nitrogens with one attached hydrogen (secondary N) is 1. The molecular formula is C43H55ClF3N7O7. The van der Waals surface area contributed by atoms with E-state index in [1.54, 1.807) is 9.80 Å². The number of piperidine rings is 3. The van der Waals surface area contributed by atoms with Crippen LogP contribution in [0.3, 0.4) is 0 Å². The highest BCUT2D eigenvalue weighted by Crippen LogP contribution is 2.38. The number of rotatable bonds is 11. The number of hydrogen-bond acceptors (Lipinski definition) is 9. The number of anilines is 2. The maximum absolute atomic E-state index is 14.2. The largest absolute Gasteiger partial charge is 0.464 e. The van der Waals surface area contributed by atoms with Gasteiger partial charge in [-0.2, -0.15) is 13.2 Å². The highest BCUT2D eigenvalue weighted by atomic mass is 35.5. The van der Waals surface area contributed by atoms with E-state index < -0.39 is 41.6 Å². The Morgan fingerprint density at radius 2 is 1.59 bits per heavy atom. The molecule has 0 saturated carbocycles. The average molecular weight is 874 g/mol. The normalized spacial score (nSPS) is 21.5. The molecular weight excluding hydrogens is 819 g/mol. The van der Waals surface area contributed by atoms with Gasteiger partial charge in [-0.05, 0) is 100 Å². The number of esters is 1. The molecule has 2 aromatic carbocycles. The van der Waals surface area contributed by atoms with E-state index in [9.17, 15) is 37.1 Å². The van der Waals surface area contributed by atoms with Gasteiger partial charge in [0.2, 0.25) is 5.91 Å². The van der Waals surface area contributed by atoms with Crippen LogP contribution in [0.1, 0.15) is 80.9 Å². The van der Waals surface area contributed by atoms with E-state index in [4.69, 9.17) is 26.8 Å². The molecule has 0 unspecified atom stereocenters. The summed E-state index contributed by atoms with van der Waals surface area (Å²) in [6, 6.07) is 8.95. The van der Waals surface area contributed by atoms with E-state index in [-0.39, 0.29) is 79.8 Å². The van der Waals surface area contributed by atoms with Gasteiger partial charge in [-0.1, -0.05) is 29.8 Å². The van der Waals surface area contributed by atoms with E-state index in [0.717, 1.165) is 43.1 Å². The molecule has 4 fully saturated rings. The number of ether oxygens (including phenoxy) is 2. The van der Waals surface area contributed by atoms with Gasteiger partial charge in [0.05, 0.1) is 22.9 Å². The summed E-state index contributed by atoms with van der Waals surface area (Å²) in [5, 5.41) is 2.65. The fraction of sp³-hybridized carbons (Fsp3) is 0.605. The van der Waals surface area contributed by atoms with Crippen molar-refractivity contribution in [3.63, 3.8) is 0 Å². The monoisotopic (exact) mass is 873 g/mol. The van der Waals surface area contributed by atoms with Gasteiger partial charge in [0, 0.05) is 76.4 Å². The van der Waals surface area contributed by atoms with E-state index in [2.05, 4.69) is 10.2 Å². The maximum atomic E-state index is 14.2. The number of carbonyl (C=O) groups excluding carboxylic acids is 5. The Bertz CT molecular complexity index is 1940. The number of hydrogen-bond donors (Lipinski definition) is 2. The molecule has 18 heteroatoms. The minimum Gasteiger partial charge on any atom is -0.464 e. The number of carbonyl (C=O) groups is 5. The maximum Gasteiger partial charge on any atom is 0.418 e. The Kier molecular flexibility index (Phi) is 14.2. The molecule has 2 atom stereocenters. The number of nitrogens with two attached hydrogens (primary N) is 1. The van der Waals surface area contributed by atoms with Crippen molar-refractivity contribution in [3.8, 4) is 0 Å². The number of amides is 5. The third kappa shape index (κ3) is 10.6. The lowest BCUT2D eigenvalue weighted by Crippen LogP contribution is -2.53. The fourth-order valence-electron chi connectivity index (χ4n) is 9.44. The molecule has 0 radical (unpaired) electrons. The lowest BCUT2D eigenvalue weighted by Gasteiger charge is -2.40. The minimum atomic E-state index is -4.81. The Labute approximate surface area is 358 Å². The number of alkyl halides is 3. The number of para-hydroxylation sites is 1. The summed E-state index contributed by atoms with van der Waals surface area (Å²) in [5.74, 6) is -0.700. The topological polar surface area (TPSA) is 158 Å². The van der Waals surface area contributed by atoms with E-state index >= 15 is 0 Å². The molecule has 0 aromatic heterocycles. The van der Waals surface area contributed by atoms with E-state index in [0.29, 0.717) is 71.0 Å². The van der Waals surface area contributed by atoms with Gasteiger partial charge in [0.15, 0.2) is 6.10 Å². The lowest BCUT2D eigenvalue weighted by molar-refractivity contribution is -0.151. The second kappa shape index (κ2) is 19.5. The smallest absolute Gasteiger partial charge is 0.418 e. The van der Waals surface area contributed by atoms with Crippen LogP contribution >= 0.6 is 11.6 Å². The molecule has 0 spiro atoms. The van der Waals surface area contributed by atoms with Crippen molar-refractivity contribution in [2.45, 2.75) is 107 Å². The van der Waals surface area contributed by atoms with Gasteiger partial charge in [-0.3, -0.25) is 19.3 Å². The van der Waals surface area contributed by atoms with Crippen molar-refractivity contribution in [3.05, 3.63) is 58.1 Å². The molecule has 61 heavy (non-hydrogen) atoms. The van der Waals surface area contributed by atoms with Crippen molar-refractivity contribution in [2.75, 3.05) is 70.0 Å². The van der Waals surface area contributed by atoms with Crippen LogP contribution in [0.25, 0.3) is 0 Å². The zero-order valence-electron chi connectivity index (χ0n) is 34.3. The number of urea groups is 1. The average Bonchev–Trinajstić information content (AvgIpc) is 3.68. The molecule has 5 amide bonds. The quantitative estimate of drug-likeness (QED) is 0.158. The zero-order chi connectivity index (χ0) is 43.3. The first-order valence-corrected chi connectivity index (χ1v) is 21.9. The van der Waals surface area contributed by atoms with Crippen LogP contribution < -0.4 is 11.1 Å². The Morgan fingerprint density at radius 1 is 0.869 bits per heavy atom. The predicted octanol–water partition coefficient (Wildman–Crippen LogP) is 5.94. The zero-order valence-corrected chi connectivity index (χ0v) is 35.1. The highest BCUT2D eigenvalue weighted by Gasteiger charge is 2.41. The summed E-state index contributed by atoms with van der Waals surface area (Å²) in [6.45, 7) is 3.79. The molecule has 7 rings (SSSR count). The fourth-order valence-corrected chi connectivity index (χ4v) is 9.68. The van der Waals surface area contributed by atoms with Crippen LogP contribution in [0.2, 0.25) is 5.02 Å². The molecule has 5 aliphatic rings. The van der Waals surface area contributed by atoms with Gasteiger partial charge in [-0.15, -0.1) is 0 Å². The predicted molar refractivity (Wildman–Crippen MR) is 221 cm³/mol. The van der Waals surface area contributed by atoms with E-state index in [1.165, 1.54) is 11.0 Å². The number of fused-ring (bicyclic) bond motifs is 1. The first kappa shape index (κ1) is 44.3. The van der Waals surface area contributed by atoms with Gasteiger partial charge in [0.1, 0.15) is 6.04 Å². The van der Waals surface area contributed by atoms with Crippen LogP contribution in [0.5, 0.6) is 0 Å². The Hall–Kier alpha value is -4.77. The molecule has 14 nitrogen and oxygen atoms in total. The first-order valence-electron chi connectivity index (χ1n) is 21.5. The number of halogens is 4. The van der Waals surface area contributed by atoms with Gasteiger partial charge >= 0.3 is 24.3 Å². The lowest BCUT2D eigenvalue weighted by atomic mass is 9.99. The Balaban J connectivity index is 0.965. The molecule has 3 N–H and O–H groups in total. The first-order chi connectivity index (χ1) is 29.3. The minimum absolute atomic E-state index is 0.0111. The SMILES string of the molecule is Nc1c(Cl)cc(C[C@@H](OC(=O)N2CCC(N3CCc4ccccc4NC3=O)CC2)C(=O)N2CCC(N3CCC[C@H]3C(=O)OCCCN3CCCCC3=O)CC2)cc1C(F)(F)F. The van der Waals surface area contributed by atoms with Crippen LogP contribution in [0.4, 0.5) is 34.1 Å². The number of nitrogens with zero attached hydrogens (tertiary/aromatic N) is 5. The van der Waals surface area contributed by atoms with Gasteiger partial charge in [0.25, 0.3) is 5.91 Å². The molecule has 4 saturated heterocycles. The van der Waals surface area contributed by atoms with Crippen LogP contribution in [-0.4, -0.2) is 138 Å². The van der Waals surface area contributed by atoms with Crippen LogP contribution in [-0.2, 0) is 42.9 Å². The van der Waals surface area contributed by atoms with Gasteiger partial charge < -0.3 is 40.1 Å². The second-order valence-corrected chi connectivity index (χ2v) is 17.1. The summed E-state index contributed by atoms with van der Waals surface area (Å²) in [6.07, 6.45) is -0.251. The number of nitrogen functional groups attached to an aromatic ring is 1. The van der Waals surface area contributed by atoms with E-state index in [1.807, 2.05) is 29.2 Å². The highest BCUT2D eigenvalue weighted by molar-refractivity contribution is 6.33. The van der Waals surface area contributed by atoms with Crippen LogP contribution in [0.15, 0.2) is 36.4 Å². The third-order valence-electron chi connectivity index (χ3n) is 12.8. The number of benzene rings is 2. The standard InChI is InChI=1S/C43H55ClF3N7O7/c44-33-26-28(25-32(38(33)48)43(45,46)47)27-36(61-42(59)52-21-14-31(15-22-52)54-23-11-29-7-1-2-8-34(29)49-41(54)58)39(56)51-19-12-30(13-20-51)53-18-5-9-35(53)40(57)60-24-6-17-50-16-4-3-10-37(50)55/h1-2,7-8,25-26,30-31,35-36H,3-6,9-24,27,48H2,(H,49,58)/t35-,36+/m0/s1. The summed E-state index contributed by atoms with van der Waals surface area (Å²) in [7, 11) is 0. The summed E-state index contributed by atoms with van der Waals surface area (Å²) >= 11 is 6.15. The van der Waals surface area contributed by atoms with Crippen molar-refractivity contribution in [1.29, 1.82) is 0 Å². The molecule has 2 aromatic rings. The molecule has 0 aliphatic carbocycles. The molecule has 332 valence electrons. The summed E-state index contributed by atoms with van der Waals surface area (Å²) < 4.78 is 53.4. The second-order valence-electron chi connectivity index (χ2n) is 16.7. The summed E-state index contributed by atoms with van der Waals surface area (Å²) in [4.78, 5) is 75.3. The molecule has 5 aliphatic heterocycles.